The van der Waals surface area contributed by atoms with Crippen LogP contribution in [0.15, 0.2) is 35.1 Å². The lowest BCUT2D eigenvalue weighted by atomic mass is 10.3. The van der Waals surface area contributed by atoms with Crippen LogP contribution in [0.4, 0.5) is 11.5 Å². The lowest BCUT2D eigenvalue weighted by molar-refractivity contribution is 0.0592. The van der Waals surface area contributed by atoms with Crippen molar-refractivity contribution in [2.75, 3.05) is 11.9 Å². The number of para-hydroxylation sites is 1. The molecule has 3 heterocycles. The normalized spacial score (nSPS) is 17.7. The van der Waals surface area contributed by atoms with Crippen LogP contribution in [-0.2, 0) is 4.74 Å². The molecule has 2 aromatic heterocycles. The highest BCUT2D eigenvalue weighted by molar-refractivity contribution is 14.1. The number of hydrogen-bond donors (Lipinski definition) is 1. The summed E-state index contributed by atoms with van der Waals surface area (Å²) < 4.78 is 9.40. The highest BCUT2D eigenvalue weighted by atomic mass is 127. The zero-order valence-electron chi connectivity index (χ0n) is 12.0. The number of benzene rings is 1. The zero-order valence-corrected chi connectivity index (χ0v) is 15.8. The van der Waals surface area contributed by atoms with Gasteiger partial charge in [0.05, 0.1) is 12.0 Å². The van der Waals surface area contributed by atoms with E-state index in [0.29, 0.717) is 9.65 Å². The standard InChI is InChI=1S/C15H13BrIN5O/c16-9-4-1-2-5-10(9)19-13-12-14(21-15(17)20-13)22(8-18-12)11-6-3-7-23-11/h1-2,4-5,8,11H,3,6-7H2,(H,19,20,21). The molecule has 23 heavy (non-hydrogen) atoms. The summed E-state index contributed by atoms with van der Waals surface area (Å²) in [4.78, 5) is 13.6. The number of hydrogen-bond acceptors (Lipinski definition) is 5. The fraction of sp³-hybridized carbons (Fsp3) is 0.267. The Morgan fingerprint density at radius 3 is 2.96 bits per heavy atom. The topological polar surface area (TPSA) is 64.9 Å². The molecule has 1 aliphatic heterocycles. The summed E-state index contributed by atoms with van der Waals surface area (Å²) in [6.07, 6.45) is 3.85. The van der Waals surface area contributed by atoms with Gasteiger partial charge in [-0.25, -0.2) is 15.0 Å². The summed E-state index contributed by atoms with van der Waals surface area (Å²) >= 11 is 5.67. The molecule has 1 saturated heterocycles. The smallest absolute Gasteiger partial charge is 0.194 e. The number of nitrogens with one attached hydrogen (secondary N) is 1. The Hall–Kier alpha value is -1.26. The van der Waals surface area contributed by atoms with Crippen LogP contribution in [0.5, 0.6) is 0 Å². The Morgan fingerprint density at radius 1 is 1.30 bits per heavy atom. The van der Waals surface area contributed by atoms with E-state index in [1.165, 1.54) is 0 Å². The SMILES string of the molecule is Brc1ccccc1Nc1nc(I)nc2c1ncn2C1CCCO1. The van der Waals surface area contributed by atoms with E-state index in [2.05, 4.69) is 58.8 Å². The number of imidazole rings is 1. The van der Waals surface area contributed by atoms with Gasteiger partial charge < -0.3 is 10.1 Å². The van der Waals surface area contributed by atoms with Gasteiger partial charge in [0.15, 0.2) is 20.8 Å². The van der Waals surface area contributed by atoms with Crippen LogP contribution in [0.3, 0.4) is 0 Å². The Kier molecular flexibility index (Phi) is 4.20. The number of anilines is 2. The Bertz CT molecular complexity index is 862. The van der Waals surface area contributed by atoms with Gasteiger partial charge in [0.2, 0.25) is 0 Å². The third-order valence-corrected chi connectivity index (χ3v) is 4.91. The van der Waals surface area contributed by atoms with Crippen LogP contribution in [0.25, 0.3) is 11.2 Å². The van der Waals surface area contributed by atoms with Crippen molar-refractivity contribution in [3.8, 4) is 0 Å². The molecule has 1 aliphatic rings. The fourth-order valence-corrected chi connectivity index (χ4v) is 3.51. The van der Waals surface area contributed by atoms with Gasteiger partial charge >= 0.3 is 0 Å². The van der Waals surface area contributed by atoms with Crippen molar-refractivity contribution in [2.45, 2.75) is 19.1 Å². The van der Waals surface area contributed by atoms with E-state index in [0.717, 1.165) is 40.8 Å². The van der Waals surface area contributed by atoms with E-state index in [1.807, 2.05) is 28.8 Å². The van der Waals surface area contributed by atoms with Gasteiger partial charge in [-0.1, -0.05) is 12.1 Å². The fourth-order valence-electron chi connectivity index (χ4n) is 2.66. The maximum absolute atomic E-state index is 5.75. The Labute approximate surface area is 154 Å². The number of fused-ring (bicyclic) bond motifs is 1. The summed E-state index contributed by atoms with van der Waals surface area (Å²) in [5.41, 5.74) is 2.48. The molecule has 118 valence electrons. The van der Waals surface area contributed by atoms with E-state index in [1.54, 1.807) is 6.33 Å². The molecule has 0 aliphatic carbocycles. The van der Waals surface area contributed by atoms with Crippen LogP contribution < -0.4 is 5.32 Å². The first-order valence-electron chi connectivity index (χ1n) is 7.25. The second-order valence-electron chi connectivity index (χ2n) is 5.24. The first kappa shape index (κ1) is 15.3. The van der Waals surface area contributed by atoms with Gasteiger partial charge in [-0.05, 0) is 40.9 Å². The highest BCUT2D eigenvalue weighted by Gasteiger charge is 2.22. The zero-order chi connectivity index (χ0) is 15.8. The quantitative estimate of drug-likeness (QED) is 0.444. The summed E-state index contributed by atoms with van der Waals surface area (Å²) in [5.74, 6) is 0.697. The molecule has 3 aromatic rings. The van der Waals surface area contributed by atoms with E-state index in [4.69, 9.17) is 4.74 Å². The number of ether oxygens (including phenoxy) is 1. The molecule has 1 fully saturated rings. The largest absolute Gasteiger partial charge is 0.358 e. The van der Waals surface area contributed by atoms with Crippen molar-refractivity contribution < 1.29 is 4.74 Å². The van der Waals surface area contributed by atoms with Gasteiger partial charge in [-0.3, -0.25) is 4.57 Å². The van der Waals surface area contributed by atoms with Crippen LogP contribution in [-0.4, -0.2) is 26.1 Å². The van der Waals surface area contributed by atoms with Crippen LogP contribution in [0, 0.1) is 3.83 Å². The van der Waals surface area contributed by atoms with Gasteiger partial charge in [0.25, 0.3) is 0 Å². The summed E-state index contributed by atoms with van der Waals surface area (Å²) in [6.45, 7) is 0.786. The van der Waals surface area contributed by atoms with Gasteiger partial charge in [0, 0.05) is 33.7 Å². The van der Waals surface area contributed by atoms with Crippen molar-refractivity contribution in [1.82, 2.24) is 19.5 Å². The van der Waals surface area contributed by atoms with Gasteiger partial charge in [0.1, 0.15) is 6.23 Å². The van der Waals surface area contributed by atoms with E-state index < -0.39 is 0 Å². The van der Waals surface area contributed by atoms with Crippen molar-refractivity contribution in [1.29, 1.82) is 0 Å². The average Bonchev–Trinajstić information content (AvgIpc) is 3.18. The third kappa shape index (κ3) is 2.94. The minimum absolute atomic E-state index is 0.0158. The molecule has 1 aromatic carbocycles. The molecule has 4 rings (SSSR count). The van der Waals surface area contributed by atoms with E-state index in [9.17, 15) is 0 Å². The molecule has 8 heteroatoms. The molecule has 1 unspecified atom stereocenters. The average molecular weight is 486 g/mol. The number of aromatic nitrogens is 4. The lowest BCUT2D eigenvalue weighted by Crippen LogP contribution is -2.08. The van der Waals surface area contributed by atoms with Crippen molar-refractivity contribution >= 4 is 61.2 Å². The second-order valence-corrected chi connectivity index (χ2v) is 7.06. The van der Waals surface area contributed by atoms with Gasteiger partial charge in [-0.2, -0.15) is 0 Å². The molecular formula is C15H13BrIN5O. The molecule has 0 spiro atoms. The van der Waals surface area contributed by atoms with Crippen molar-refractivity contribution in [2.24, 2.45) is 0 Å². The molecule has 0 radical (unpaired) electrons. The van der Waals surface area contributed by atoms with Crippen molar-refractivity contribution in [3.05, 3.63) is 38.9 Å². The molecular weight excluding hydrogens is 473 g/mol. The number of nitrogens with zero attached hydrogens (tertiary/aromatic N) is 4. The summed E-state index contributed by atoms with van der Waals surface area (Å²) in [6, 6.07) is 7.92. The summed E-state index contributed by atoms with van der Waals surface area (Å²) in [7, 11) is 0. The van der Waals surface area contributed by atoms with Crippen LogP contribution in [0.2, 0.25) is 0 Å². The minimum atomic E-state index is 0.0158. The number of rotatable bonds is 3. The first-order valence-corrected chi connectivity index (χ1v) is 9.13. The van der Waals surface area contributed by atoms with Crippen LogP contribution >= 0.6 is 38.5 Å². The minimum Gasteiger partial charge on any atom is -0.358 e. The van der Waals surface area contributed by atoms with E-state index >= 15 is 0 Å². The highest BCUT2D eigenvalue weighted by Crippen LogP contribution is 2.31. The van der Waals surface area contributed by atoms with Crippen molar-refractivity contribution in [3.63, 3.8) is 0 Å². The predicted molar refractivity (Wildman–Crippen MR) is 99.7 cm³/mol. The maximum atomic E-state index is 5.75. The van der Waals surface area contributed by atoms with Gasteiger partial charge in [-0.15, -0.1) is 0 Å². The summed E-state index contributed by atoms with van der Waals surface area (Å²) in [5, 5.41) is 3.34. The molecule has 0 amide bonds. The maximum Gasteiger partial charge on any atom is 0.194 e. The molecule has 1 N–H and O–H groups in total. The third-order valence-electron chi connectivity index (χ3n) is 3.74. The first-order chi connectivity index (χ1) is 11.2. The molecule has 0 saturated carbocycles. The number of halogens is 2. The molecule has 1 atom stereocenters. The molecule has 0 bridgehead atoms. The Morgan fingerprint density at radius 2 is 2.17 bits per heavy atom. The monoisotopic (exact) mass is 485 g/mol. The van der Waals surface area contributed by atoms with E-state index in [-0.39, 0.29) is 6.23 Å². The lowest BCUT2D eigenvalue weighted by Gasteiger charge is -2.12. The second kappa shape index (κ2) is 6.33. The molecule has 6 nitrogen and oxygen atoms in total. The van der Waals surface area contributed by atoms with Crippen LogP contribution in [0.1, 0.15) is 19.1 Å². The Balaban J connectivity index is 1.79. The predicted octanol–water partition coefficient (Wildman–Crippen LogP) is 4.25.